The largest absolute Gasteiger partial charge is 0.358 e. The predicted octanol–water partition coefficient (Wildman–Crippen LogP) is 1.66. The third-order valence-corrected chi connectivity index (χ3v) is 6.25. The van der Waals surface area contributed by atoms with E-state index in [4.69, 9.17) is 0 Å². The van der Waals surface area contributed by atoms with Gasteiger partial charge >= 0.3 is 0 Å². The Morgan fingerprint density at radius 1 is 1.36 bits per heavy atom. The van der Waals surface area contributed by atoms with E-state index in [-0.39, 0.29) is 23.5 Å². The van der Waals surface area contributed by atoms with Gasteiger partial charge in [0.05, 0.1) is 17.9 Å². The number of amides is 1. The summed E-state index contributed by atoms with van der Waals surface area (Å²) in [5.41, 5.74) is 3.00. The highest BCUT2D eigenvalue weighted by Crippen LogP contribution is 2.24. The number of aromatic amines is 1. The molecule has 1 N–H and O–H groups in total. The molecule has 0 bridgehead atoms. The van der Waals surface area contributed by atoms with Gasteiger partial charge in [0.15, 0.2) is 9.84 Å². The normalized spacial score (nSPS) is 20.4. The fraction of sp³-hybridized carbons (Fsp3) is 0.438. The molecule has 2 heterocycles. The number of fused-ring (bicyclic) bond motifs is 1. The third-order valence-electron chi connectivity index (χ3n) is 4.50. The van der Waals surface area contributed by atoms with Crippen LogP contribution in [0.25, 0.3) is 10.9 Å². The van der Waals surface area contributed by atoms with Gasteiger partial charge in [0.2, 0.25) is 5.91 Å². The number of carbonyl (C=O) groups excluding carboxylic acids is 1. The fourth-order valence-electron chi connectivity index (χ4n) is 3.12. The van der Waals surface area contributed by atoms with Crippen molar-refractivity contribution < 1.29 is 13.2 Å². The number of nitrogens with zero attached hydrogens (tertiary/aromatic N) is 1. The lowest BCUT2D eigenvalue weighted by Gasteiger charge is -2.23. The van der Waals surface area contributed by atoms with Crippen LogP contribution in [0.15, 0.2) is 24.3 Å². The molecule has 2 aromatic rings. The first-order valence-corrected chi connectivity index (χ1v) is 9.22. The van der Waals surface area contributed by atoms with Crippen molar-refractivity contribution in [3.8, 4) is 0 Å². The van der Waals surface area contributed by atoms with Gasteiger partial charge in [-0.3, -0.25) is 4.79 Å². The summed E-state index contributed by atoms with van der Waals surface area (Å²) < 4.78 is 23.1. The number of aryl methyl sites for hydroxylation is 1. The van der Waals surface area contributed by atoms with Crippen LogP contribution in [0.2, 0.25) is 0 Å². The molecule has 1 amide bonds. The average Bonchev–Trinajstić information content (AvgIpc) is 2.98. The second-order valence-electron chi connectivity index (χ2n) is 6.01. The summed E-state index contributed by atoms with van der Waals surface area (Å²) >= 11 is 0. The van der Waals surface area contributed by atoms with Crippen molar-refractivity contribution >= 4 is 26.6 Å². The van der Waals surface area contributed by atoms with E-state index in [2.05, 4.69) is 4.98 Å². The number of para-hydroxylation sites is 1. The number of H-pyrrole nitrogens is 1. The molecule has 1 fully saturated rings. The van der Waals surface area contributed by atoms with E-state index in [0.29, 0.717) is 12.8 Å². The van der Waals surface area contributed by atoms with Gasteiger partial charge in [-0.25, -0.2) is 8.42 Å². The van der Waals surface area contributed by atoms with Gasteiger partial charge in [0.25, 0.3) is 0 Å². The first-order chi connectivity index (χ1) is 10.4. The minimum atomic E-state index is -2.98. The molecule has 0 radical (unpaired) electrons. The SMILES string of the molecule is Cc1[nH]c2ccccc2c1CC(=O)N(C)C1CCS(=O)(=O)C1. The Morgan fingerprint density at radius 2 is 2.09 bits per heavy atom. The molecule has 1 aliphatic heterocycles. The highest BCUT2D eigenvalue weighted by atomic mass is 32.2. The first kappa shape index (κ1) is 15.1. The molecule has 1 atom stereocenters. The summed E-state index contributed by atoms with van der Waals surface area (Å²) in [5, 5.41) is 1.06. The van der Waals surface area contributed by atoms with Gasteiger partial charge in [-0.15, -0.1) is 0 Å². The highest BCUT2D eigenvalue weighted by Gasteiger charge is 2.32. The van der Waals surface area contributed by atoms with E-state index in [0.717, 1.165) is 22.2 Å². The quantitative estimate of drug-likeness (QED) is 0.935. The van der Waals surface area contributed by atoms with Crippen LogP contribution >= 0.6 is 0 Å². The summed E-state index contributed by atoms with van der Waals surface area (Å²) in [5.74, 6) is 0.235. The Bertz CT molecular complexity index is 823. The van der Waals surface area contributed by atoms with Crippen molar-refractivity contribution in [1.82, 2.24) is 9.88 Å². The first-order valence-electron chi connectivity index (χ1n) is 7.39. The van der Waals surface area contributed by atoms with Crippen LogP contribution in [0.3, 0.4) is 0 Å². The maximum atomic E-state index is 12.5. The number of rotatable bonds is 3. The minimum absolute atomic E-state index is 0.0325. The van der Waals surface area contributed by atoms with E-state index in [1.54, 1.807) is 11.9 Å². The predicted molar refractivity (Wildman–Crippen MR) is 86.6 cm³/mol. The lowest BCUT2D eigenvalue weighted by molar-refractivity contribution is -0.130. The zero-order valence-corrected chi connectivity index (χ0v) is 13.6. The second kappa shape index (κ2) is 5.43. The van der Waals surface area contributed by atoms with Crippen LogP contribution in [-0.2, 0) is 21.1 Å². The number of likely N-dealkylation sites (N-methyl/N-ethyl adjacent to an activating group) is 1. The number of sulfone groups is 1. The van der Waals surface area contributed by atoms with Crippen molar-refractivity contribution in [2.75, 3.05) is 18.6 Å². The molecule has 1 saturated heterocycles. The Kier molecular flexibility index (Phi) is 3.72. The lowest BCUT2D eigenvalue weighted by atomic mass is 10.1. The van der Waals surface area contributed by atoms with Crippen LogP contribution in [0, 0.1) is 6.92 Å². The Hall–Kier alpha value is -1.82. The van der Waals surface area contributed by atoms with Crippen molar-refractivity contribution in [3.05, 3.63) is 35.5 Å². The van der Waals surface area contributed by atoms with Crippen LogP contribution < -0.4 is 0 Å². The van der Waals surface area contributed by atoms with E-state index in [1.807, 2.05) is 31.2 Å². The molecule has 3 rings (SSSR count). The van der Waals surface area contributed by atoms with Gasteiger partial charge in [0.1, 0.15) is 0 Å². The second-order valence-corrected chi connectivity index (χ2v) is 8.24. The summed E-state index contributed by atoms with van der Waals surface area (Å²) in [7, 11) is -1.27. The number of benzene rings is 1. The standard InChI is InChI=1S/C16H20N2O3S/c1-11-14(13-5-3-4-6-15(13)17-11)9-16(19)18(2)12-7-8-22(20,21)10-12/h3-6,12,17H,7-10H2,1-2H3. The fourth-order valence-corrected chi connectivity index (χ4v) is 4.90. The number of nitrogens with one attached hydrogen (secondary N) is 1. The number of carbonyl (C=O) groups is 1. The van der Waals surface area contributed by atoms with Crippen LogP contribution in [0.1, 0.15) is 17.7 Å². The summed E-state index contributed by atoms with van der Waals surface area (Å²) in [6.45, 7) is 1.96. The maximum Gasteiger partial charge on any atom is 0.227 e. The molecular formula is C16H20N2O3S. The van der Waals surface area contributed by atoms with Gasteiger partial charge in [-0.1, -0.05) is 18.2 Å². The molecule has 1 aromatic heterocycles. The number of hydrogen-bond donors (Lipinski definition) is 1. The molecule has 0 aliphatic carbocycles. The van der Waals surface area contributed by atoms with Gasteiger partial charge in [-0.2, -0.15) is 0 Å². The van der Waals surface area contributed by atoms with Crippen molar-refractivity contribution in [2.24, 2.45) is 0 Å². The van der Waals surface area contributed by atoms with Gasteiger partial charge in [-0.05, 0) is 25.0 Å². The Morgan fingerprint density at radius 3 is 2.77 bits per heavy atom. The summed E-state index contributed by atoms with van der Waals surface area (Å²) in [4.78, 5) is 17.4. The van der Waals surface area contributed by atoms with Crippen molar-refractivity contribution in [1.29, 1.82) is 0 Å². The Labute approximate surface area is 130 Å². The molecular weight excluding hydrogens is 300 g/mol. The molecule has 0 saturated carbocycles. The van der Waals surface area contributed by atoms with E-state index < -0.39 is 9.84 Å². The lowest BCUT2D eigenvalue weighted by Crippen LogP contribution is -2.38. The molecule has 1 aliphatic rings. The molecule has 118 valence electrons. The summed E-state index contributed by atoms with van der Waals surface area (Å²) in [6, 6.07) is 7.71. The van der Waals surface area contributed by atoms with Crippen molar-refractivity contribution in [2.45, 2.75) is 25.8 Å². The van der Waals surface area contributed by atoms with Gasteiger partial charge in [0, 0.05) is 29.7 Å². The van der Waals surface area contributed by atoms with E-state index in [9.17, 15) is 13.2 Å². The molecule has 0 spiro atoms. The minimum Gasteiger partial charge on any atom is -0.358 e. The van der Waals surface area contributed by atoms with E-state index in [1.165, 1.54) is 0 Å². The topological polar surface area (TPSA) is 70.2 Å². The van der Waals surface area contributed by atoms with E-state index >= 15 is 0 Å². The van der Waals surface area contributed by atoms with Gasteiger partial charge < -0.3 is 9.88 Å². The monoisotopic (exact) mass is 320 g/mol. The zero-order chi connectivity index (χ0) is 15.9. The number of aromatic nitrogens is 1. The molecule has 6 heteroatoms. The summed E-state index contributed by atoms with van der Waals surface area (Å²) in [6.07, 6.45) is 0.834. The average molecular weight is 320 g/mol. The molecule has 1 aromatic carbocycles. The number of hydrogen-bond acceptors (Lipinski definition) is 3. The van der Waals surface area contributed by atoms with Crippen LogP contribution in [0.4, 0.5) is 0 Å². The highest BCUT2D eigenvalue weighted by molar-refractivity contribution is 7.91. The van der Waals surface area contributed by atoms with Crippen LogP contribution in [-0.4, -0.2) is 48.8 Å². The zero-order valence-electron chi connectivity index (χ0n) is 12.8. The maximum absolute atomic E-state index is 12.5. The Balaban J connectivity index is 1.80. The van der Waals surface area contributed by atoms with Crippen LogP contribution in [0.5, 0.6) is 0 Å². The molecule has 1 unspecified atom stereocenters. The molecule has 22 heavy (non-hydrogen) atoms. The molecule has 5 nitrogen and oxygen atoms in total. The van der Waals surface area contributed by atoms with Crippen molar-refractivity contribution in [3.63, 3.8) is 0 Å². The smallest absolute Gasteiger partial charge is 0.227 e. The third kappa shape index (κ3) is 2.75.